The number of pyridine rings is 1. The SMILES string of the molecule is CSc1nc(-c2ccnc(NC(C)=O)c2)c(-c2ccccc2NC(=O)c2ccco2)[nH]1. The van der Waals surface area contributed by atoms with Crippen molar-refractivity contribution in [3.05, 3.63) is 66.8 Å². The number of rotatable bonds is 6. The Balaban J connectivity index is 1.77. The van der Waals surface area contributed by atoms with Gasteiger partial charge in [-0.2, -0.15) is 0 Å². The molecule has 0 spiro atoms. The average molecular weight is 433 g/mol. The molecule has 156 valence electrons. The van der Waals surface area contributed by atoms with E-state index in [2.05, 4.69) is 20.6 Å². The number of imidazole rings is 1. The van der Waals surface area contributed by atoms with Crippen LogP contribution in [0.1, 0.15) is 17.5 Å². The summed E-state index contributed by atoms with van der Waals surface area (Å²) >= 11 is 1.47. The highest BCUT2D eigenvalue weighted by Crippen LogP contribution is 2.36. The number of benzene rings is 1. The predicted octanol–water partition coefficient (Wildman–Crippen LogP) is 4.66. The maximum atomic E-state index is 12.5. The number of nitrogens with one attached hydrogen (secondary N) is 3. The van der Waals surface area contributed by atoms with Crippen molar-refractivity contribution in [2.45, 2.75) is 12.1 Å². The van der Waals surface area contributed by atoms with Gasteiger partial charge in [0, 0.05) is 24.2 Å². The molecule has 9 heteroatoms. The molecule has 4 rings (SSSR count). The minimum Gasteiger partial charge on any atom is -0.459 e. The van der Waals surface area contributed by atoms with Gasteiger partial charge in [0.05, 0.1) is 23.3 Å². The molecule has 3 aromatic heterocycles. The zero-order valence-electron chi connectivity index (χ0n) is 16.8. The predicted molar refractivity (Wildman–Crippen MR) is 120 cm³/mol. The van der Waals surface area contributed by atoms with E-state index in [9.17, 15) is 9.59 Å². The molecule has 8 nitrogen and oxygen atoms in total. The molecule has 31 heavy (non-hydrogen) atoms. The normalized spacial score (nSPS) is 10.6. The van der Waals surface area contributed by atoms with Crippen LogP contribution in [0.25, 0.3) is 22.5 Å². The second kappa shape index (κ2) is 8.88. The highest BCUT2D eigenvalue weighted by atomic mass is 32.2. The minimum atomic E-state index is -0.347. The van der Waals surface area contributed by atoms with Crippen LogP contribution in [0.3, 0.4) is 0 Å². The molecule has 0 bridgehead atoms. The van der Waals surface area contributed by atoms with Crippen molar-refractivity contribution in [1.82, 2.24) is 15.0 Å². The van der Waals surface area contributed by atoms with Gasteiger partial charge in [0.2, 0.25) is 5.91 Å². The first-order valence-electron chi connectivity index (χ1n) is 9.37. The van der Waals surface area contributed by atoms with Crippen LogP contribution in [0, 0.1) is 0 Å². The first kappa shape index (κ1) is 20.4. The number of amides is 2. The molecule has 0 saturated heterocycles. The fourth-order valence-electron chi connectivity index (χ4n) is 3.08. The summed E-state index contributed by atoms with van der Waals surface area (Å²) in [6.45, 7) is 1.43. The number of carbonyl (C=O) groups excluding carboxylic acids is 2. The van der Waals surface area contributed by atoms with Crippen LogP contribution in [0.2, 0.25) is 0 Å². The lowest BCUT2D eigenvalue weighted by molar-refractivity contribution is -0.114. The Hall–Kier alpha value is -3.85. The van der Waals surface area contributed by atoms with Gasteiger partial charge in [-0.3, -0.25) is 9.59 Å². The zero-order valence-corrected chi connectivity index (χ0v) is 17.6. The van der Waals surface area contributed by atoms with E-state index in [-0.39, 0.29) is 17.6 Å². The minimum absolute atomic E-state index is 0.206. The van der Waals surface area contributed by atoms with Gasteiger partial charge in [-0.1, -0.05) is 30.0 Å². The Bertz CT molecular complexity index is 1230. The van der Waals surface area contributed by atoms with E-state index >= 15 is 0 Å². The Morgan fingerprint density at radius 1 is 1.10 bits per heavy atom. The number of thioether (sulfide) groups is 1. The van der Waals surface area contributed by atoms with Crippen LogP contribution in [-0.4, -0.2) is 33.0 Å². The first-order valence-corrected chi connectivity index (χ1v) is 10.6. The Labute approximate surface area is 182 Å². The number of hydrogen-bond donors (Lipinski definition) is 3. The molecule has 3 N–H and O–H groups in total. The van der Waals surface area contributed by atoms with E-state index in [0.29, 0.717) is 17.2 Å². The highest BCUT2D eigenvalue weighted by Gasteiger charge is 2.19. The van der Waals surface area contributed by atoms with E-state index in [0.717, 1.165) is 22.0 Å². The van der Waals surface area contributed by atoms with Crippen molar-refractivity contribution in [3.8, 4) is 22.5 Å². The number of carbonyl (C=O) groups is 2. The smallest absolute Gasteiger partial charge is 0.291 e. The van der Waals surface area contributed by atoms with Crippen LogP contribution in [0.15, 0.2) is 70.6 Å². The Kier molecular flexibility index (Phi) is 5.85. The monoisotopic (exact) mass is 433 g/mol. The maximum absolute atomic E-state index is 12.5. The number of anilines is 2. The summed E-state index contributed by atoms with van der Waals surface area (Å²) in [5.41, 5.74) is 3.57. The lowest BCUT2D eigenvalue weighted by Crippen LogP contribution is -2.11. The van der Waals surface area contributed by atoms with Crippen LogP contribution in [0.5, 0.6) is 0 Å². The Morgan fingerprint density at radius 3 is 2.68 bits per heavy atom. The topological polar surface area (TPSA) is 113 Å². The second-order valence-corrected chi connectivity index (χ2v) is 7.35. The number of aromatic amines is 1. The van der Waals surface area contributed by atoms with E-state index < -0.39 is 0 Å². The third-order valence-electron chi connectivity index (χ3n) is 4.40. The zero-order chi connectivity index (χ0) is 21.8. The van der Waals surface area contributed by atoms with Crippen LogP contribution in [-0.2, 0) is 4.79 Å². The van der Waals surface area contributed by atoms with Crippen LogP contribution in [0.4, 0.5) is 11.5 Å². The summed E-state index contributed by atoms with van der Waals surface area (Å²) in [7, 11) is 0. The summed E-state index contributed by atoms with van der Waals surface area (Å²) in [6.07, 6.45) is 4.99. The summed E-state index contributed by atoms with van der Waals surface area (Å²) in [6, 6.07) is 14.3. The number of hydrogen-bond acceptors (Lipinski definition) is 6. The fraction of sp³-hybridized carbons (Fsp3) is 0.0909. The van der Waals surface area contributed by atoms with Gasteiger partial charge in [-0.05, 0) is 36.6 Å². The van der Waals surface area contributed by atoms with Crippen LogP contribution >= 0.6 is 11.8 Å². The number of H-pyrrole nitrogens is 1. The summed E-state index contributed by atoms with van der Waals surface area (Å²) in [5.74, 6) is 0.103. The molecule has 0 unspecified atom stereocenters. The van der Waals surface area contributed by atoms with E-state index in [1.54, 1.807) is 24.4 Å². The molecule has 3 heterocycles. The first-order chi connectivity index (χ1) is 15.0. The summed E-state index contributed by atoms with van der Waals surface area (Å²) < 4.78 is 5.20. The van der Waals surface area contributed by atoms with Crippen molar-refractivity contribution in [2.75, 3.05) is 16.9 Å². The summed E-state index contributed by atoms with van der Waals surface area (Å²) in [5, 5.41) is 6.30. The average Bonchev–Trinajstić information content (AvgIpc) is 3.44. The van der Waals surface area contributed by atoms with Crippen molar-refractivity contribution in [1.29, 1.82) is 0 Å². The van der Waals surface area contributed by atoms with Gasteiger partial charge in [0.15, 0.2) is 10.9 Å². The fourth-order valence-corrected chi connectivity index (χ4v) is 3.47. The van der Waals surface area contributed by atoms with Crippen LogP contribution < -0.4 is 10.6 Å². The molecule has 2 amide bonds. The molecule has 0 aliphatic carbocycles. The third kappa shape index (κ3) is 4.51. The van der Waals surface area contributed by atoms with E-state index in [1.165, 1.54) is 24.9 Å². The molecular weight excluding hydrogens is 414 g/mol. The molecule has 4 aromatic rings. The number of furan rings is 1. The summed E-state index contributed by atoms with van der Waals surface area (Å²) in [4.78, 5) is 36.2. The number of nitrogens with zero attached hydrogens (tertiary/aromatic N) is 2. The lowest BCUT2D eigenvalue weighted by Gasteiger charge is -2.11. The van der Waals surface area contributed by atoms with Gasteiger partial charge in [0.25, 0.3) is 5.91 Å². The highest BCUT2D eigenvalue weighted by molar-refractivity contribution is 7.98. The van der Waals surface area contributed by atoms with Crippen molar-refractivity contribution < 1.29 is 14.0 Å². The third-order valence-corrected chi connectivity index (χ3v) is 4.98. The van der Waals surface area contributed by atoms with Crippen molar-refractivity contribution in [2.24, 2.45) is 0 Å². The molecule has 0 aliphatic rings. The van der Waals surface area contributed by atoms with Gasteiger partial charge in [-0.15, -0.1) is 0 Å². The van der Waals surface area contributed by atoms with E-state index in [4.69, 9.17) is 9.40 Å². The molecule has 0 aliphatic heterocycles. The Morgan fingerprint density at radius 2 is 1.94 bits per heavy atom. The maximum Gasteiger partial charge on any atom is 0.291 e. The molecule has 0 saturated carbocycles. The molecule has 0 atom stereocenters. The lowest BCUT2D eigenvalue weighted by atomic mass is 10.0. The second-order valence-electron chi connectivity index (χ2n) is 6.56. The van der Waals surface area contributed by atoms with Crippen molar-refractivity contribution in [3.63, 3.8) is 0 Å². The molecular formula is C22H19N5O3S. The van der Waals surface area contributed by atoms with Gasteiger partial charge < -0.3 is 20.0 Å². The molecule has 0 fully saturated rings. The molecule has 0 radical (unpaired) electrons. The largest absolute Gasteiger partial charge is 0.459 e. The van der Waals surface area contributed by atoms with Gasteiger partial charge in [-0.25, -0.2) is 9.97 Å². The standard InChI is InChI=1S/C22H19N5O3S/c1-13(28)24-18-12-14(9-10-23-18)19-20(27-22(26-19)31-2)15-6-3-4-7-16(15)25-21(29)17-8-5-11-30-17/h3-12H,1-2H3,(H,25,29)(H,26,27)(H,23,24,28). The van der Waals surface area contributed by atoms with Gasteiger partial charge >= 0.3 is 0 Å². The molecule has 1 aromatic carbocycles. The van der Waals surface area contributed by atoms with Crippen molar-refractivity contribution >= 4 is 35.1 Å². The number of aromatic nitrogens is 3. The number of para-hydroxylation sites is 1. The van der Waals surface area contributed by atoms with E-state index in [1.807, 2.05) is 36.6 Å². The quantitative estimate of drug-likeness (QED) is 0.381. The van der Waals surface area contributed by atoms with Gasteiger partial charge in [0.1, 0.15) is 5.82 Å².